The molecule has 134 valence electrons. The fourth-order valence-corrected chi connectivity index (χ4v) is 2.60. The highest BCUT2D eigenvalue weighted by atomic mass is 16.5. The topological polar surface area (TPSA) is 34.0 Å². The molecule has 0 aromatic heterocycles. The lowest BCUT2D eigenvalue weighted by molar-refractivity contribution is 0.304. The molecule has 2 aromatic carbocycles. The maximum Gasteiger partial charge on any atom is 0.119 e. The summed E-state index contributed by atoms with van der Waals surface area (Å²) < 4.78 is 5.78. The van der Waals surface area contributed by atoms with E-state index in [2.05, 4.69) is 36.2 Å². The number of rotatable bonds is 11. The van der Waals surface area contributed by atoms with Gasteiger partial charge in [-0.05, 0) is 54.8 Å². The predicted molar refractivity (Wildman–Crippen MR) is 105 cm³/mol. The van der Waals surface area contributed by atoms with Crippen molar-refractivity contribution in [2.75, 3.05) is 6.61 Å². The van der Waals surface area contributed by atoms with Gasteiger partial charge in [0.2, 0.25) is 0 Å². The minimum Gasteiger partial charge on any atom is -0.494 e. The molecule has 3 heteroatoms. The van der Waals surface area contributed by atoms with Crippen LogP contribution in [0.4, 0.5) is 11.4 Å². The lowest BCUT2D eigenvalue weighted by atomic mass is 10.1. The van der Waals surface area contributed by atoms with Crippen LogP contribution in [0.25, 0.3) is 0 Å². The molecule has 25 heavy (non-hydrogen) atoms. The first-order chi connectivity index (χ1) is 12.3. The molecule has 0 atom stereocenters. The van der Waals surface area contributed by atoms with E-state index >= 15 is 0 Å². The Balaban J connectivity index is 1.72. The van der Waals surface area contributed by atoms with E-state index in [9.17, 15) is 0 Å². The number of unbranched alkanes of at least 4 members (excludes halogenated alkanes) is 5. The Morgan fingerprint density at radius 3 is 1.84 bits per heavy atom. The summed E-state index contributed by atoms with van der Waals surface area (Å²) in [6.45, 7) is 5.18. The van der Waals surface area contributed by atoms with Gasteiger partial charge in [0.1, 0.15) is 5.75 Å². The van der Waals surface area contributed by atoms with Crippen LogP contribution in [0.2, 0.25) is 0 Å². The van der Waals surface area contributed by atoms with Crippen LogP contribution in [-0.2, 0) is 6.42 Å². The van der Waals surface area contributed by atoms with Gasteiger partial charge in [-0.15, -0.1) is 0 Å². The Bertz CT molecular complexity index is 617. The van der Waals surface area contributed by atoms with Crippen molar-refractivity contribution in [3.8, 4) is 5.75 Å². The summed E-state index contributed by atoms with van der Waals surface area (Å²) in [6, 6.07) is 16.0. The van der Waals surface area contributed by atoms with Crippen molar-refractivity contribution >= 4 is 11.4 Å². The Kier molecular flexibility index (Phi) is 8.74. The molecule has 0 spiro atoms. The van der Waals surface area contributed by atoms with Crippen molar-refractivity contribution in [2.24, 2.45) is 10.2 Å². The molecular formula is C22H30N2O. The number of ether oxygens (including phenoxy) is 1. The summed E-state index contributed by atoms with van der Waals surface area (Å²) >= 11 is 0. The average molecular weight is 338 g/mol. The molecule has 0 bridgehead atoms. The smallest absolute Gasteiger partial charge is 0.119 e. The van der Waals surface area contributed by atoms with Crippen LogP contribution < -0.4 is 4.74 Å². The molecule has 0 aliphatic carbocycles. The molecule has 0 aliphatic heterocycles. The summed E-state index contributed by atoms with van der Waals surface area (Å²) in [4.78, 5) is 0. The number of azo groups is 1. The average Bonchev–Trinajstić information content (AvgIpc) is 2.67. The van der Waals surface area contributed by atoms with Gasteiger partial charge in [0.15, 0.2) is 0 Å². The monoisotopic (exact) mass is 338 g/mol. The van der Waals surface area contributed by atoms with Gasteiger partial charge in [-0.25, -0.2) is 0 Å². The molecule has 2 aromatic rings. The van der Waals surface area contributed by atoms with Crippen molar-refractivity contribution in [1.29, 1.82) is 0 Å². The summed E-state index contributed by atoms with van der Waals surface area (Å²) in [7, 11) is 0. The number of nitrogens with zero attached hydrogens (tertiary/aromatic N) is 2. The third kappa shape index (κ3) is 7.51. The van der Waals surface area contributed by atoms with Crippen LogP contribution >= 0.6 is 0 Å². The maximum atomic E-state index is 5.78. The zero-order chi connectivity index (χ0) is 17.7. The zero-order valence-electron chi connectivity index (χ0n) is 15.6. The molecule has 0 radical (unpaired) electrons. The molecule has 0 saturated carbocycles. The fraction of sp³-hybridized carbons (Fsp3) is 0.455. The zero-order valence-corrected chi connectivity index (χ0v) is 15.6. The van der Waals surface area contributed by atoms with Crippen LogP contribution in [0, 0.1) is 0 Å². The minimum atomic E-state index is 0.788. The van der Waals surface area contributed by atoms with Crippen LogP contribution in [-0.4, -0.2) is 6.61 Å². The fourth-order valence-electron chi connectivity index (χ4n) is 2.60. The number of hydrogen-bond donors (Lipinski definition) is 0. The van der Waals surface area contributed by atoms with Crippen LogP contribution in [0.15, 0.2) is 58.8 Å². The number of benzene rings is 2. The summed E-state index contributed by atoms with van der Waals surface area (Å²) in [5, 5.41) is 8.56. The van der Waals surface area contributed by atoms with E-state index in [1.54, 1.807) is 0 Å². The van der Waals surface area contributed by atoms with Crippen molar-refractivity contribution in [3.05, 3.63) is 54.1 Å². The molecule has 0 saturated heterocycles. The summed E-state index contributed by atoms with van der Waals surface area (Å²) in [6.07, 6.45) is 8.72. The minimum absolute atomic E-state index is 0.788. The van der Waals surface area contributed by atoms with Gasteiger partial charge < -0.3 is 4.74 Å². The predicted octanol–water partition coefficient (Wildman–Crippen LogP) is 7.40. The van der Waals surface area contributed by atoms with Crippen molar-refractivity contribution in [1.82, 2.24) is 0 Å². The van der Waals surface area contributed by atoms with Gasteiger partial charge in [-0.1, -0.05) is 58.1 Å². The Labute approximate surface area is 152 Å². The van der Waals surface area contributed by atoms with Crippen LogP contribution in [0.5, 0.6) is 5.75 Å². The second kappa shape index (κ2) is 11.4. The van der Waals surface area contributed by atoms with Gasteiger partial charge >= 0.3 is 0 Å². The van der Waals surface area contributed by atoms with E-state index in [1.165, 1.54) is 37.7 Å². The second-order valence-electron chi connectivity index (χ2n) is 6.33. The number of aryl methyl sites for hydroxylation is 1. The quantitative estimate of drug-likeness (QED) is 0.310. The van der Waals surface area contributed by atoms with E-state index in [0.29, 0.717) is 0 Å². The SMILES string of the molecule is CCCCCCCCOc1ccc(N=Nc2ccc(CC)cc2)cc1. The van der Waals surface area contributed by atoms with E-state index in [4.69, 9.17) is 4.74 Å². The summed E-state index contributed by atoms with van der Waals surface area (Å²) in [5.74, 6) is 0.903. The number of hydrogen-bond acceptors (Lipinski definition) is 3. The van der Waals surface area contributed by atoms with Crippen molar-refractivity contribution < 1.29 is 4.74 Å². The normalized spacial score (nSPS) is 11.1. The maximum absolute atomic E-state index is 5.78. The molecule has 0 aliphatic rings. The second-order valence-corrected chi connectivity index (χ2v) is 6.33. The molecule has 0 heterocycles. The van der Waals surface area contributed by atoms with Crippen LogP contribution in [0.1, 0.15) is 57.9 Å². The molecule has 0 fully saturated rings. The third-order valence-electron chi connectivity index (χ3n) is 4.23. The van der Waals surface area contributed by atoms with Crippen molar-refractivity contribution in [3.63, 3.8) is 0 Å². The van der Waals surface area contributed by atoms with Crippen molar-refractivity contribution in [2.45, 2.75) is 58.8 Å². The highest BCUT2D eigenvalue weighted by molar-refractivity contribution is 5.43. The molecule has 0 amide bonds. The van der Waals surface area contributed by atoms with E-state index in [-0.39, 0.29) is 0 Å². The molecular weight excluding hydrogens is 308 g/mol. The molecule has 2 rings (SSSR count). The highest BCUT2D eigenvalue weighted by Crippen LogP contribution is 2.22. The van der Waals surface area contributed by atoms with Gasteiger partial charge in [0.25, 0.3) is 0 Å². The molecule has 0 unspecified atom stereocenters. The van der Waals surface area contributed by atoms with Gasteiger partial charge in [-0.2, -0.15) is 10.2 Å². The van der Waals surface area contributed by atoms with E-state index < -0.39 is 0 Å². The van der Waals surface area contributed by atoms with Gasteiger partial charge in [-0.3, -0.25) is 0 Å². The summed E-state index contributed by atoms with van der Waals surface area (Å²) in [5.41, 5.74) is 3.03. The third-order valence-corrected chi connectivity index (χ3v) is 4.23. The lowest BCUT2D eigenvalue weighted by Gasteiger charge is -2.06. The molecule has 3 nitrogen and oxygen atoms in total. The first kappa shape index (κ1) is 19.2. The Morgan fingerprint density at radius 2 is 1.24 bits per heavy atom. The Morgan fingerprint density at radius 1 is 0.680 bits per heavy atom. The largest absolute Gasteiger partial charge is 0.494 e. The van der Waals surface area contributed by atoms with Gasteiger partial charge in [0.05, 0.1) is 18.0 Å². The molecule has 0 N–H and O–H groups in total. The standard InChI is InChI=1S/C22H30N2O/c1-3-5-6-7-8-9-18-25-22-16-14-21(15-17-22)24-23-20-12-10-19(4-2)11-13-20/h10-17H,3-9,18H2,1-2H3. The lowest BCUT2D eigenvalue weighted by Crippen LogP contribution is -1.96. The highest BCUT2D eigenvalue weighted by Gasteiger charge is 1.96. The van der Waals surface area contributed by atoms with Gasteiger partial charge in [0, 0.05) is 0 Å². The van der Waals surface area contributed by atoms with Crippen LogP contribution in [0.3, 0.4) is 0 Å². The first-order valence-corrected chi connectivity index (χ1v) is 9.55. The van der Waals surface area contributed by atoms with E-state index in [0.717, 1.165) is 36.6 Å². The van der Waals surface area contributed by atoms with E-state index in [1.807, 2.05) is 36.4 Å². The Hall–Kier alpha value is -2.16. The first-order valence-electron chi connectivity index (χ1n) is 9.55.